The van der Waals surface area contributed by atoms with Gasteiger partial charge < -0.3 is 9.47 Å². The highest BCUT2D eigenvalue weighted by molar-refractivity contribution is 5.74. The average molecular weight is 511 g/mol. The number of hydrogen-bond donors (Lipinski definition) is 0. The molecule has 0 amide bonds. The van der Waals surface area contributed by atoms with Gasteiger partial charge in [0.2, 0.25) is 0 Å². The third kappa shape index (κ3) is 10.5. The minimum atomic E-state index is -1.48. The van der Waals surface area contributed by atoms with Crippen LogP contribution in [-0.4, -0.2) is 24.9 Å². The number of aryl methyl sites for hydroxylation is 1. The van der Waals surface area contributed by atoms with E-state index in [1.165, 1.54) is 61.6 Å². The van der Waals surface area contributed by atoms with Crippen LogP contribution in [0.25, 0.3) is 11.1 Å². The van der Waals surface area contributed by atoms with Crippen LogP contribution in [0.15, 0.2) is 48.5 Å². The Morgan fingerprint density at radius 1 is 0.811 bits per heavy atom. The monoisotopic (exact) mass is 510 g/mol. The smallest absolute Gasteiger partial charge is 0.340 e. The van der Waals surface area contributed by atoms with E-state index in [9.17, 15) is 9.18 Å². The van der Waals surface area contributed by atoms with Crippen molar-refractivity contribution in [2.75, 3.05) is 6.61 Å². The summed E-state index contributed by atoms with van der Waals surface area (Å²) in [6, 6.07) is 17.3. The Hall–Kier alpha value is -2.36. The van der Waals surface area contributed by atoms with E-state index in [1.807, 2.05) is 19.1 Å². The number of carbonyl (C=O) groups is 1. The molecule has 0 spiro atoms. The van der Waals surface area contributed by atoms with Gasteiger partial charge in [0.15, 0.2) is 6.17 Å². The first-order valence-electron chi connectivity index (χ1n) is 14.8. The largest absolute Gasteiger partial charge is 0.493 e. The summed E-state index contributed by atoms with van der Waals surface area (Å²) in [7, 11) is 0. The Morgan fingerprint density at radius 2 is 1.41 bits per heavy atom. The van der Waals surface area contributed by atoms with Crippen molar-refractivity contribution < 1.29 is 18.7 Å². The van der Waals surface area contributed by atoms with Gasteiger partial charge in [0.25, 0.3) is 0 Å². The first-order chi connectivity index (χ1) is 18.1. The van der Waals surface area contributed by atoms with E-state index in [-0.39, 0.29) is 12.5 Å². The normalized spacial score (nSPS) is 18.4. The molecule has 0 N–H and O–H groups in total. The van der Waals surface area contributed by atoms with Crippen LogP contribution >= 0.6 is 0 Å². The molecule has 1 atom stereocenters. The highest BCUT2D eigenvalue weighted by Gasteiger charge is 2.27. The van der Waals surface area contributed by atoms with E-state index in [4.69, 9.17) is 9.47 Å². The summed E-state index contributed by atoms with van der Waals surface area (Å²) in [5, 5.41) is 0. The van der Waals surface area contributed by atoms with Crippen molar-refractivity contribution in [3.05, 3.63) is 54.1 Å². The van der Waals surface area contributed by atoms with Gasteiger partial charge in [-0.15, -0.1) is 0 Å². The quantitative estimate of drug-likeness (QED) is 0.167. The van der Waals surface area contributed by atoms with Crippen LogP contribution in [0, 0.1) is 5.92 Å². The fourth-order valence-corrected chi connectivity index (χ4v) is 5.09. The van der Waals surface area contributed by atoms with Crippen LogP contribution in [0.1, 0.15) is 103 Å². The summed E-state index contributed by atoms with van der Waals surface area (Å²) in [5.41, 5.74) is 3.85. The second-order valence-electron chi connectivity index (χ2n) is 10.7. The number of rotatable bonds is 16. The molecule has 204 valence electrons. The number of benzene rings is 2. The molecule has 4 heteroatoms. The van der Waals surface area contributed by atoms with E-state index in [0.717, 1.165) is 37.9 Å². The molecular formula is C33H47FO3. The summed E-state index contributed by atoms with van der Waals surface area (Å²) in [5.74, 6) is 0.643. The van der Waals surface area contributed by atoms with E-state index >= 15 is 0 Å². The van der Waals surface area contributed by atoms with Crippen LogP contribution in [-0.2, 0) is 16.0 Å². The van der Waals surface area contributed by atoms with Crippen molar-refractivity contribution in [3.8, 4) is 16.9 Å². The van der Waals surface area contributed by atoms with Gasteiger partial charge in [-0.1, -0.05) is 95.2 Å². The van der Waals surface area contributed by atoms with Gasteiger partial charge in [-0.05, 0) is 79.7 Å². The van der Waals surface area contributed by atoms with Gasteiger partial charge in [-0.25, -0.2) is 9.18 Å². The molecule has 0 aromatic heterocycles. The molecule has 3 rings (SSSR count). The number of carbonyl (C=O) groups excluding carboxylic acids is 1. The zero-order valence-electron chi connectivity index (χ0n) is 23.1. The molecule has 1 fully saturated rings. The molecule has 1 aliphatic rings. The lowest BCUT2D eigenvalue weighted by atomic mass is 9.88. The molecule has 1 saturated carbocycles. The molecular weight excluding hydrogens is 463 g/mol. The van der Waals surface area contributed by atoms with Crippen LogP contribution in [0.3, 0.4) is 0 Å². The first-order valence-corrected chi connectivity index (χ1v) is 14.8. The van der Waals surface area contributed by atoms with E-state index in [2.05, 4.69) is 43.3 Å². The number of alkyl halides is 1. The number of hydrogen-bond acceptors (Lipinski definition) is 3. The van der Waals surface area contributed by atoms with Crippen molar-refractivity contribution in [2.45, 2.75) is 116 Å². The van der Waals surface area contributed by atoms with Gasteiger partial charge in [0.05, 0.1) is 6.61 Å². The maximum atomic E-state index is 13.9. The zero-order valence-corrected chi connectivity index (χ0v) is 23.1. The molecule has 0 bridgehead atoms. The Morgan fingerprint density at radius 3 is 2.05 bits per heavy atom. The Kier molecular flexibility index (Phi) is 13.0. The number of ether oxygens (including phenoxy) is 2. The SMILES string of the molecule is CCCCCCCCc1ccc(-c2ccc(OC[C@H]3CC[C@H](OC(=O)[C@@H](F)CCCC)CC3)cc2)cc1. The highest BCUT2D eigenvalue weighted by atomic mass is 19.1. The number of unbranched alkanes of at least 4 members (excludes halogenated alkanes) is 6. The molecule has 0 radical (unpaired) electrons. The summed E-state index contributed by atoms with van der Waals surface area (Å²) in [6.45, 7) is 4.92. The van der Waals surface area contributed by atoms with Crippen LogP contribution in [0.4, 0.5) is 4.39 Å². The standard InChI is InChI=1S/C33H47FO3/c1-3-5-7-8-9-10-11-26-13-17-28(18-14-26)29-19-23-30(24-20-29)36-25-27-15-21-31(22-16-27)37-33(35)32(34)12-6-4-2/h13-14,17-20,23-24,27,31-32H,3-12,15-16,21-22,25H2,1-2H3/t27-,31-,32-/m0/s1. The molecule has 3 nitrogen and oxygen atoms in total. The fourth-order valence-electron chi connectivity index (χ4n) is 5.09. The third-order valence-corrected chi connectivity index (χ3v) is 7.59. The molecule has 2 aromatic carbocycles. The van der Waals surface area contributed by atoms with Gasteiger partial charge >= 0.3 is 5.97 Å². The highest BCUT2D eigenvalue weighted by Crippen LogP contribution is 2.29. The second-order valence-corrected chi connectivity index (χ2v) is 10.7. The first kappa shape index (κ1) is 29.2. The van der Waals surface area contributed by atoms with Gasteiger partial charge in [-0.3, -0.25) is 0 Å². The Balaban J connectivity index is 1.35. The predicted octanol–water partition coefficient (Wildman–Crippen LogP) is 9.27. The van der Waals surface area contributed by atoms with Crippen molar-refractivity contribution in [2.24, 2.45) is 5.92 Å². The molecule has 0 saturated heterocycles. The minimum absolute atomic E-state index is 0.153. The van der Waals surface area contributed by atoms with Crippen LogP contribution in [0.2, 0.25) is 0 Å². The summed E-state index contributed by atoms with van der Waals surface area (Å²) in [4.78, 5) is 11.9. The molecule has 37 heavy (non-hydrogen) atoms. The predicted molar refractivity (Wildman–Crippen MR) is 151 cm³/mol. The molecule has 0 unspecified atom stereocenters. The minimum Gasteiger partial charge on any atom is -0.493 e. The Labute approximate surface area is 224 Å². The lowest BCUT2D eigenvalue weighted by Crippen LogP contribution is -2.30. The lowest BCUT2D eigenvalue weighted by molar-refractivity contribution is -0.157. The maximum Gasteiger partial charge on any atom is 0.340 e. The van der Waals surface area contributed by atoms with Crippen LogP contribution in [0.5, 0.6) is 5.75 Å². The van der Waals surface area contributed by atoms with Crippen molar-refractivity contribution >= 4 is 5.97 Å². The van der Waals surface area contributed by atoms with Crippen LogP contribution < -0.4 is 4.74 Å². The third-order valence-electron chi connectivity index (χ3n) is 7.59. The van der Waals surface area contributed by atoms with Gasteiger partial charge in [0.1, 0.15) is 11.9 Å². The summed E-state index contributed by atoms with van der Waals surface area (Å²) < 4.78 is 25.3. The molecule has 0 heterocycles. The topological polar surface area (TPSA) is 35.5 Å². The van der Waals surface area contributed by atoms with E-state index < -0.39 is 12.1 Å². The zero-order chi connectivity index (χ0) is 26.3. The second kappa shape index (κ2) is 16.5. The summed E-state index contributed by atoms with van der Waals surface area (Å²) >= 11 is 0. The lowest BCUT2D eigenvalue weighted by Gasteiger charge is -2.28. The van der Waals surface area contributed by atoms with Crippen molar-refractivity contribution in [1.29, 1.82) is 0 Å². The fraction of sp³-hybridized carbons (Fsp3) is 0.606. The Bertz CT molecular complexity index is 885. The average Bonchev–Trinajstić information content (AvgIpc) is 2.94. The van der Waals surface area contributed by atoms with Gasteiger partial charge in [0, 0.05) is 0 Å². The van der Waals surface area contributed by atoms with Crippen molar-refractivity contribution in [3.63, 3.8) is 0 Å². The maximum absolute atomic E-state index is 13.9. The summed E-state index contributed by atoms with van der Waals surface area (Å²) in [6.07, 6.45) is 12.8. The molecule has 1 aliphatic carbocycles. The molecule has 0 aliphatic heterocycles. The number of halogens is 1. The van der Waals surface area contributed by atoms with E-state index in [1.54, 1.807) is 0 Å². The molecule has 2 aromatic rings. The van der Waals surface area contributed by atoms with E-state index in [0.29, 0.717) is 18.9 Å². The number of esters is 1. The van der Waals surface area contributed by atoms with Gasteiger partial charge in [-0.2, -0.15) is 0 Å². The van der Waals surface area contributed by atoms with Crippen molar-refractivity contribution in [1.82, 2.24) is 0 Å².